The molecule has 0 atom stereocenters. The van der Waals surface area contributed by atoms with Gasteiger partial charge < -0.3 is 19.8 Å². The highest BCUT2D eigenvalue weighted by Crippen LogP contribution is 2.41. The monoisotopic (exact) mass is 798 g/mol. The molecular weight excluding hydrogens is 767 g/mol. The molecule has 0 saturated carbocycles. The van der Waals surface area contributed by atoms with Gasteiger partial charge in [0.2, 0.25) is 0 Å². The predicted molar refractivity (Wildman–Crippen MR) is 201 cm³/mol. The lowest BCUT2D eigenvalue weighted by atomic mass is 10.1. The van der Waals surface area contributed by atoms with Crippen molar-refractivity contribution in [3.05, 3.63) is 106 Å². The molecule has 4 aromatic carbocycles. The lowest BCUT2D eigenvalue weighted by Gasteiger charge is -2.40. The number of hydrogen-bond acceptors (Lipinski definition) is 10. The number of anilines is 2. The van der Waals surface area contributed by atoms with Crippen molar-refractivity contribution in [1.82, 2.24) is 9.78 Å². The van der Waals surface area contributed by atoms with Gasteiger partial charge in [0.1, 0.15) is 10.6 Å². The van der Waals surface area contributed by atoms with Crippen molar-refractivity contribution in [3.8, 4) is 17.2 Å². The van der Waals surface area contributed by atoms with Crippen LogP contribution in [0.15, 0.2) is 97.8 Å². The smallest absolute Gasteiger partial charge is 0.264 e. The van der Waals surface area contributed by atoms with Crippen molar-refractivity contribution in [3.63, 3.8) is 0 Å². The van der Waals surface area contributed by atoms with Crippen LogP contribution < -0.4 is 14.8 Å². The van der Waals surface area contributed by atoms with Crippen LogP contribution in [0.3, 0.4) is 0 Å². The molecule has 0 unspecified atom stereocenters. The summed E-state index contributed by atoms with van der Waals surface area (Å²) < 4.78 is 63.4. The second-order valence-electron chi connectivity index (χ2n) is 12.1. The van der Waals surface area contributed by atoms with Crippen LogP contribution in [0.1, 0.15) is 11.1 Å². The molecule has 1 fully saturated rings. The van der Waals surface area contributed by atoms with E-state index in [0.29, 0.717) is 32.0 Å². The van der Waals surface area contributed by atoms with E-state index < -0.39 is 19.6 Å². The van der Waals surface area contributed by atoms with E-state index in [0.717, 1.165) is 17.2 Å². The van der Waals surface area contributed by atoms with Crippen LogP contribution in [0.5, 0.6) is 11.5 Å². The van der Waals surface area contributed by atoms with E-state index in [9.17, 15) is 27.4 Å². The van der Waals surface area contributed by atoms with Gasteiger partial charge in [0.25, 0.3) is 15.7 Å². The second kappa shape index (κ2) is 14.1. The number of ether oxygens (including phenoxy) is 1. The molecule has 1 aliphatic heterocycles. The van der Waals surface area contributed by atoms with Gasteiger partial charge in [-0.3, -0.25) is 9.27 Å². The quantitative estimate of drug-likeness (QED) is 0.0571. The summed E-state index contributed by atoms with van der Waals surface area (Å²) in [6, 6.07) is 14.8. The van der Waals surface area contributed by atoms with Gasteiger partial charge in [-0.1, -0.05) is 32.7 Å². The third-order valence-electron chi connectivity index (χ3n) is 8.53. The van der Waals surface area contributed by atoms with Crippen LogP contribution in [-0.4, -0.2) is 63.5 Å². The number of aryl methyl sites for hydroxylation is 2. The SMILES string of the molecule is [C-]#[N+]c1cnn(-c2ccc(S(N)(=O)(O)c3ccc(N4CCOCC4)c(S(=O)(=O)Nc4cc(C)c(C)cc4O)c3)cc2)c1N=Nc1cc(Cl)c(O)c(Cl)c1. The van der Waals surface area contributed by atoms with Crippen LogP contribution in [0.4, 0.5) is 28.6 Å². The highest BCUT2D eigenvalue weighted by atomic mass is 35.5. The Balaban J connectivity index is 1.38. The van der Waals surface area contributed by atoms with E-state index in [4.69, 9.17) is 39.6 Å². The topological polar surface area (TPSA) is 209 Å². The first kappa shape index (κ1) is 37.7. The molecule has 0 spiro atoms. The third kappa shape index (κ3) is 7.43. The second-order valence-corrected chi connectivity index (χ2v) is 17.4. The first-order chi connectivity index (χ1) is 25.0. The number of phenols is 2. The Morgan fingerprint density at radius 3 is 2.23 bits per heavy atom. The number of nitrogens with one attached hydrogen (secondary N) is 1. The number of aromatic nitrogens is 2. The molecule has 0 bridgehead atoms. The van der Waals surface area contributed by atoms with Crippen LogP contribution in [0.25, 0.3) is 10.5 Å². The van der Waals surface area contributed by atoms with E-state index >= 15 is 0 Å². The summed E-state index contributed by atoms with van der Waals surface area (Å²) in [6.45, 7) is 12.5. The Bertz CT molecular complexity index is 2480. The fraction of sp³-hybridized carbons (Fsp3) is 0.176. The molecule has 53 heavy (non-hydrogen) atoms. The van der Waals surface area contributed by atoms with Gasteiger partial charge in [0.05, 0.1) is 68.6 Å². The Morgan fingerprint density at radius 2 is 1.58 bits per heavy atom. The number of sulfonamides is 1. The minimum absolute atomic E-state index is 0.0123. The third-order valence-corrected chi connectivity index (χ3v) is 12.8. The summed E-state index contributed by atoms with van der Waals surface area (Å²) in [5, 5.41) is 39.1. The summed E-state index contributed by atoms with van der Waals surface area (Å²) in [5.41, 5.74) is 2.20. The van der Waals surface area contributed by atoms with Crippen molar-refractivity contribution >= 4 is 71.3 Å². The van der Waals surface area contributed by atoms with Crippen LogP contribution in [0, 0.1) is 20.4 Å². The molecule has 6 N–H and O–H groups in total. The first-order valence-corrected chi connectivity index (χ1v) is 19.9. The van der Waals surface area contributed by atoms with E-state index in [-0.39, 0.29) is 64.8 Å². The maximum Gasteiger partial charge on any atom is 0.264 e. The molecule has 276 valence electrons. The number of halogens is 2. The maximum atomic E-state index is 14.5. The van der Waals surface area contributed by atoms with E-state index in [1.165, 1.54) is 71.5 Å². The van der Waals surface area contributed by atoms with E-state index in [2.05, 4.69) is 24.9 Å². The summed E-state index contributed by atoms with van der Waals surface area (Å²) in [5.74, 6) is -0.597. The van der Waals surface area contributed by atoms with Crippen molar-refractivity contribution in [2.75, 3.05) is 35.9 Å². The van der Waals surface area contributed by atoms with Crippen molar-refractivity contribution < 1.29 is 32.1 Å². The number of hydrogen-bond donors (Lipinski definition) is 5. The highest BCUT2D eigenvalue weighted by Gasteiger charge is 2.33. The molecule has 1 aromatic heterocycles. The predicted octanol–water partition coefficient (Wildman–Crippen LogP) is 7.40. The molecule has 0 amide bonds. The Hall–Kier alpha value is -5.06. The number of morpholine rings is 1. The van der Waals surface area contributed by atoms with Crippen molar-refractivity contribution in [2.45, 2.75) is 28.5 Å². The Morgan fingerprint density at radius 1 is 0.962 bits per heavy atom. The Labute approximate surface area is 314 Å². The van der Waals surface area contributed by atoms with Crippen LogP contribution in [0.2, 0.25) is 10.0 Å². The van der Waals surface area contributed by atoms with Gasteiger partial charge in [0, 0.05) is 13.1 Å². The number of phenolic OH excluding ortho intramolecular Hbond substituents is 2. The first-order valence-electron chi connectivity index (χ1n) is 15.7. The number of nitrogens with two attached hydrogens (primary N) is 1. The van der Waals surface area contributed by atoms with Crippen molar-refractivity contribution in [1.29, 1.82) is 0 Å². The van der Waals surface area contributed by atoms with Gasteiger partial charge in [0.15, 0.2) is 11.6 Å². The fourth-order valence-corrected chi connectivity index (χ4v) is 8.98. The summed E-state index contributed by atoms with van der Waals surface area (Å²) in [6.07, 6.45) is 1.26. The number of aromatic hydroxyl groups is 2. The summed E-state index contributed by atoms with van der Waals surface area (Å²) >= 11 is 12.0. The fourth-order valence-electron chi connectivity index (χ4n) is 5.50. The standard InChI is InChI=1S/C34H32Cl2N8O7S2/c1-20-14-28(31(45)15-21(20)2)42-52(47,48)32-18-25(8-9-30(32)43-10-12-51-13-11-43)53(37,49,50)24-6-4-23(5-7-24)44-34(29(38-3)19-39-44)41-40-22-16-26(35)33(46)27(36)17-22/h4-9,14-19,42,45-46H,10-13H2,1-2H3,(H3,37,49,50). The van der Waals surface area contributed by atoms with Gasteiger partial charge in [-0.15, -0.1) is 5.11 Å². The van der Waals surface area contributed by atoms with Crippen LogP contribution in [-0.2, 0) is 24.3 Å². The summed E-state index contributed by atoms with van der Waals surface area (Å²) in [4.78, 5) is 4.25. The zero-order chi connectivity index (χ0) is 38.3. The average molecular weight is 800 g/mol. The molecule has 1 saturated heterocycles. The molecule has 2 heterocycles. The van der Waals surface area contributed by atoms with Gasteiger partial charge in [-0.25, -0.2) is 23.1 Å². The van der Waals surface area contributed by atoms with Crippen LogP contribution >= 0.6 is 23.2 Å². The van der Waals surface area contributed by atoms with Gasteiger partial charge >= 0.3 is 0 Å². The molecule has 0 aliphatic carbocycles. The zero-order valence-corrected chi connectivity index (χ0v) is 31.2. The average Bonchev–Trinajstić information content (AvgIpc) is 3.54. The van der Waals surface area contributed by atoms with Gasteiger partial charge in [-0.05, 0) is 91.7 Å². The molecular formula is C34H32Cl2N8O7S2. The molecule has 15 nitrogen and oxygen atoms in total. The van der Waals surface area contributed by atoms with E-state index in [1.54, 1.807) is 18.7 Å². The Kier molecular flexibility index (Phi) is 10.00. The minimum atomic E-state index is -5.46. The number of benzene rings is 4. The normalized spacial score (nSPS) is 14.5. The summed E-state index contributed by atoms with van der Waals surface area (Å²) in [7, 11) is -9.94. The largest absolute Gasteiger partial charge is 0.506 e. The highest BCUT2D eigenvalue weighted by molar-refractivity contribution is 8.13. The maximum absolute atomic E-state index is 14.5. The lowest BCUT2D eigenvalue weighted by Crippen LogP contribution is -2.43. The van der Waals surface area contributed by atoms with E-state index in [1.807, 2.05) is 0 Å². The molecule has 1 aliphatic rings. The van der Waals surface area contributed by atoms with Gasteiger partial charge in [-0.2, -0.15) is 14.4 Å². The minimum Gasteiger partial charge on any atom is -0.506 e. The number of nitrogens with zero attached hydrogens (tertiary/aromatic N) is 6. The molecule has 5 aromatic rings. The number of azo groups is 1. The molecule has 0 radical (unpaired) electrons. The lowest BCUT2D eigenvalue weighted by molar-refractivity contribution is 0.122. The van der Waals surface area contributed by atoms with Crippen molar-refractivity contribution in [2.24, 2.45) is 15.4 Å². The molecule has 19 heteroatoms. The zero-order valence-electron chi connectivity index (χ0n) is 28.1. The number of rotatable bonds is 9. The molecule has 6 rings (SSSR count).